The van der Waals surface area contributed by atoms with Gasteiger partial charge >= 0.3 is 11.9 Å². The minimum Gasteiger partial charge on any atom is -0.453 e. The van der Waals surface area contributed by atoms with Crippen molar-refractivity contribution in [2.75, 3.05) is 0 Å². The highest BCUT2D eigenvalue weighted by Crippen LogP contribution is 2.40. The van der Waals surface area contributed by atoms with E-state index in [0.717, 1.165) is 18.4 Å². The lowest BCUT2D eigenvalue weighted by atomic mass is 10.0. The van der Waals surface area contributed by atoms with Crippen LogP contribution in [0.15, 0.2) is 24.3 Å². The second-order valence-electron chi connectivity index (χ2n) is 5.03. The summed E-state index contributed by atoms with van der Waals surface area (Å²) in [5, 5.41) is 0. The van der Waals surface area contributed by atoms with Crippen molar-refractivity contribution in [3.8, 4) is 0 Å². The summed E-state index contributed by atoms with van der Waals surface area (Å²) in [6.45, 7) is 1.80. The molecule has 0 unspecified atom stereocenters. The van der Waals surface area contributed by atoms with Crippen LogP contribution in [0.5, 0.6) is 0 Å². The molecule has 2 saturated heterocycles. The SMILES string of the molecule is C[C@@H]1OC(=O)C(=O)N2[C@@H]1CC[C@H]2c1ccc(F)cc1. The standard InChI is InChI=1S/C14H14FNO3/c1-8-11-6-7-12(9-2-4-10(15)5-3-9)16(11)13(17)14(18)19-8/h2-5,8,11-12H,6-7H2,1H3/t8-,11+,12-/m0/s1. The van der Waals surface area contributed by atoms with Gasteiger partial charge in [-0.15, -0.1) is 0 Å². The third-order valence-corrected chi connectivity index (χ3v) is 3.93. The third-order valence-electron chi connectivity index (χ3n) is 3.93. The molecular formula is C14H14FNO3. The quantitative estimate of drug-likeness (QED) is 0.573. The first-order chi connectivity index (χ1) is 9.08. The van der Waals surface area contributed by atoms with E-state index in [0.29, 0.717) is 0 Å². The van der Waals surface area contributed by atoms with Crippen LogP contribution in [-0.2, 0) is 14.3 Å². The summed E-state index contributed by atoms with van der Waals surface area (Å²) in [5.41, 5.74) is 0.860. The molecule has 0 radical (unpaired) electrons. The van der Waals surface area contributed by atoms with Gasteiger partial charge in [0.2, 0.25) is 0 Å². The van der Waals surface area contributed by atoms with Crippen LogP contribution in [0.2, 0.25) is 0 Å². The van der Waals surface area contributed by atoms with Crippen molar-refractivity contribution < 1.29 is 18.7 Å². The molecule has 1 aromatic rings. The van der Waals surface area contributed by atoms with Gasteiger partial charge in [0.1, 0.15) is 11.9 Å². The fraction of sp³-hybridized carbons (Fsp3) is 0.429. The molecule has 1 amide bonds. The van der Waals surface area contributed by atoms with Crippen LogP contribution < -0.4 is 0 Å². The first-order valence-corrected chi connectivity index (χ1v) is 6.36. The average Bonchev–Trinajstić information content (AvgIpc) is 2.82. The van der Waals surface area contributed by atoms with Gasteiger partial charge in [-0.25, -0.2) is 9.18 Å². The van der Waals surface area contributed by atoms with Crippen molar-refractivity contribution in [3.63, 3.8) is 0 Å². The predicted molar refractivity (Wildman–Crippen MR) is 64.6 cm³/mol. The molecule has 4 nitrogen and oxygen atoms in total. The molecule has 100 valence electrons. The smallest absolute Gasteiger partial charge is 0.397 e. The molecule has 5 heteroatoms. The number of esters is 1. The van der Waals surface area contributed by atoms with Gasteiger partial charge in [0.25, 0.3) is 0 Å². The predicted octanol–water partition coefficient (Wildman–Crippen LogP) is 1.80. The number of carbonyl (C=O) groups excluding carboxylic acids is 2. The maximum absolute atomic E-state index is 13.0. The number of amides is 1. The number of nitrogens with zero attached hydrogens (tertiary/aromatic N) is 1. The zero-order chi connectivity index (χ0) is 13.6. The Kier molecular flexibility index (Phi) is 2.77. The minimum absolute atomic E-state index is 0.0692. The van der Waals surface area contributed by atoms with Crippen molar-refractivity contribution >= 4 is 11.9 Å². The number of carbonyl (C=O) groups is 2. The molecule has 2 aliphatic heterocycles. The number of halogens is 1. The van der Waals surface area contributed by atoms with E-state index in [1.807, 2.05) is 0 Å². The second-order valence-corrected chi connectivity index (χ2v) is 5.03. The van der Waals surface area contributed by atoms with E-state index in [1.54, 1.807) is 24.0 Å². The zero-order valence-corrected chi connectivity index (χ0v) is 10.5. The summed E-state index contributed by atoms with van der Waals surface area (Å²) in [7, 11) is 0. The highest BCUT2D eigenvalue weighted by Gasteiger charge is 2.48. The molecule has 2 heterocycles. The van der Waals surface area contributed by atoms with Gasteiger partial charge in [0.15, 0.2) is 0 Å². The van der Waals surface area contributed by atoms with Crippen molar-refractivity contribution in [1.29, 1.82) is 0 Å². The lowest BCUT2D eigenvalue weighted by Crippen LogP contribution is -2.53. The Labute approximate surface area is 110 Å². The zero-order valence-electron chi connectivity index (χ0n) is 10.5. The van der Waals surface area contributed by atoms with Crippen LogP contribution in [0.25, 0.3) is 0 Å². The third kappa shape index (κ3) is 1.89. The van der Waals surface area contributed by atoms with Gasteiger partial charge in [-0.1, -0.05) is 12.1 Å². The lowest BCUT2D eigenvalue weighted by molar-refractivity contribution is -0.176. The van der Waals surface area contributed by atoms with Crippen LogP contribution >= 0.6 is 0 Å². The Balaban J connectivity index is 1.93. The second kappa shape index (κ2) is 4.33. The summed E-state index contributed by atoms with van der Waals surface area (Å²) in [4.78, 5) is 25.1. The van der Waals surface area contributed by atoms with Crippen LogP contribution in [0, 0.1) is 5.82 Å². The van der Waals surface area contributed by atoms with Crippen molar-refractivity contribution in [2.45, 2.75) is 38.0 Å². The van der Waals surface area contributed by atoms with Gasteiger partial charge < -0.3 is 9.64 Å². The number of benzene rings is 1. The summed E-state index contributed by atoms with van der Waals surface area (Å²) >= 11 is 0. The molecule has 0 aromatic heterocycles. The van der Waals surface area contributed by atoms with Gasteiger partial charge in [-0.2, -0.15) is 0 Å². The Bertz CT molecular complexity index is 528. The number of hydrogen-bond donors (Lipinski definition) is 0. The summed E-state index contributed by atoms with van der Waals surface area (Å²) in [6, 6.07) is 5.85. The van der Waals surface area contributed by atoms with Crippen molar-refractivity contribution in [2.24, 2.45) is 0 Å². The molecule has 0 aliphatic carbocycles. The fourth-order valence-electron chi connectivity index (χ4n) is 3.01. The number of hydrogen-bond acceptors (Lipinski definition) is 3. The molecule has 0 N–H and O–H groups in total. The largest absolute Gasteiger partial charge is 0.453 e. The Morgan fingerprint density at radius 3 is 2.58 bits per heavy atom. The van der Waals surface area contributed by atoms with Gasteiger partial charge in [-0.3, -0.25) is 4.79 Å². The molecule has 3 rings (SSSR count). The van der Waals surface area contributed by atoms with Crippen molar-refractivity contribution in [1.82, 2.24) is 4.90 Å². The topological polar surface area (TPSA) is 46.6 Å². The van der Waals surface area contributed by atoms with E-state index in [1.165, 1.54) is 12.1 Å². The molecule has 2 aliphatic rings. The normalized spacial score (nSPS) is 30.2. The summed E-state index contributed by atoms with van der Waals surface area (Å²) < 4.78 is 18.0. The van der Waals surface area contributed by atoms with Crippen LogP contribution in [0.1, 0.15) is 31.4 Å². The summed E-state index contributed by atoms with van der Waals surface area (Å²) in [6.07, 6.45) is 1.28. The molecule has 19 heavy (non-hydrogen) atoms. The Hall–Kier alpha value is -1.91. The number of morpholine rings is 1. The fourth-order valence-corrected chi connectivity index (χ4v) is 3.01. The summed E-state index contributed by atoms with van der Waals surface area (Å²) in [5.74, 6) is -1.69. The first-order valence-electron chi connectivity index (χ1n) is 6.36. The Morgan fingerprint density at radius 1 is 1.21 bits per heavy atom. The molecule has 1 aromatic carbocycles. The lowest BCUT2D eigenvalue weighted by Gasteiger charge is -2.36. The molecule has 3 atom stereocenters. The number of cyclic esters (lactones) is 1. The van der Waals surface area contributed by atoms with Gasteiger partial charge in [0, 0.05) is 0 Å². The first kappa shape index (κ1) is 12.1. The Morgan fingerprint density at radius 2 is 1.89 bits per heavy atom. The molecule has 0 saturated carbocycles. The highest BCUT2D eigenvalue weighted by atomic mass is 19.1. The van der Waals surface area contributed by atoms with E-state index in [4.69, 9.17) is 4.74 Å². The van der Waals surface area contributed by atoms with Gasteiger partial charge in [-0.05, 0) is 37.5 Å². The van der Waals surface area contributed by atoms with Crippen LogP contribution in [-0.4, -0.2) is 28.9 Å². The number of ether oxygens (including phenoxy) is 1. The van der Waals surface area contributed by atoms with Crippen molar-refractivity contribution in [3.05, 3.63) is 35.6 Å². The van der Waals surface area contributed by atoms with E-state index in [-0.39, 0.29) is 24.0 Å². The van der Waals surface area contributed by atoms with Gasteiger partial charge in [0.05, 0.1) is 12.1 Å². The van der Waals surface area contributed by atoms with E-state index >= 15 is 0 Å². The molecule has 2 fully saturated rings. The highest BCUT2D eigenvalue weighted by molar-refractivity contribution is 6.33. The number of rotatable bonds is 1. The minimum atomic E-state index is -0.794. The average molecular weight is 263 g/mol. The molecule has 0 spiro atoms. The monoisotopic (exact) mass is 263 g/mol. The van der Waals surface area contributed by atoms with E-state index in [2.05, 4.69) is 0 Å². The number of fused-ring (bicyclic) bond motifs is 1. The molecular weight excluding hydrogens is 249 g/mol. The van der Waals surface area contributed by atoms with E-state index < -0.39 is 11.9 Å². The van der Waals surface area contributed by atoms with E-state index in [9.17, 15) is 14.0 Å². The maximum atomic E-state index is 13.0. The maximum Gasteiger partial charge on any atom is 0.397 e. The molecule has 0 bridgehead atoms. The van der Waals surface area contributed by atoms with Crippen LogP contribution in [0.4, 0.5) is 4.39 Å². The van der Waals surface area contributed by atoms with Crippen LogP contribution in [0.3, 0.4) is 0 Å².